The Bertz CT molecular complexity index is 452. The van der Waals surface area contributed by atoms with Crippen LogP contribution in [0.1, 0.15) is 19.4 Å². The van der Waals surface area contributed by atoms with E-state index in [2.05, 4.69) is 9.80 Å². The third-order valence-electron chi connectivity index (χ3n) is 3.50. The number of hydrogen-bond donors (Lipinski definition) is 1. The minimum atomic E-state index is -0.789. The maximum absolute atomic E-state index is 13.6. The Kier molecular flexibility index (Phi) is 4.73. The Morgan fingerprint density at radius 1 is 1.10 bits per heavy atom. The van der Waals surface area contributed by atoms with Crippen LogP contribution in [0, 0.1) is 11.6 Å². The average molecular weight is 284 g/mol. The lowest BCUT2D eigenvalue weighted by Crippen LogP contribution is -2.50. The zero-order chi connectivity index (χ0) is 14.8. The Balaban J connectivity index is 1.87. The van der Waals surface area contributed by atoms with Gasteiger partial charge in [-0.25, -0.2) is 8.78 Å². The van der Waals surface area contributed by atoms with Crippen LogP contribution in [0.2, 0.25) is 0 Å². The third kappa shape index (κ3) is 4.23. The number of nitrogens with zero attached hydrogens (tertiary/aromatic N) is 2. The van der Waals surface area contributed by atoms with Gasteiger partial charge in [-0.05, 0) is 19.9 Å². The molecule has 20 heavy (non-hydrogen) atoms. The average Bonchev–Trinajstić information content (AvgIpc) is 2.35. The van der Waals surface area contributed by atoms with Crippen molar-refractivity contribution < 1.29 is 13.9 Å². The lowest BCUT2D eigenvalue weighted by atomic mass is 10.1. The van der Waals surface area contributed by atoms with Crippen molar-refractivity contribution in [2.24, 2.45) is 0 Å². The fourth-order valence-corrected chi connectivity index (χ4v) is 2.56. The molecule has 0 radical (unpaired) electrons. The maximum Gasteiger partial charge on any atom is 0.163 e. The van der Waals surface area contributed by atoms with Crippen molar-refractivity contribution in [3.63, 3.8) is 0 Å². The predicted molar refractivity (Wildman–Crippen MR) is 74.4 cm³/mol. The number of halogens is 2. The van der Waals surface area contributed by atoms with Gasteiger partial charge in [-0.1, -0.05) is 12.1 Å². The number of benzene rings is 1. The molecule has 1 N–H and O–H groups in total. The van der Waals surface area contributed by atoms with Crippen LogP contribution in [0.4, 0.5) is 8.78 Å². The highest BCUT2D eigenvalue weighted by Gasteiger charge is 2.23. The fraction of sp³-hybridized carbons (Fsp3) is 0.600. The molecule has 5 heteroatoms. The van der Waals surface area contributed by atoms with Crippen molar-refractivity contribution in [1.82, 2.24) is 9.80 Å². The second-order valence-electron chi connectivity index (χ2n) is 6.08. The van der Waals surface area contributed by atoms with E-state index in [1.807, 2.05) is 0 Å². The maximum atomic E-state index is 13.6. The SMILES string of the molecule is CC(C)(O)CN1CCN(Cc2cccc(F)c2F)CC1. The van der Waals surface area contributed by atoms with Gasteiger partial charge >= 0.3 is 0 Å². The molecule has 0 saturated carbocycles. The minimum absolute atomic E-state index is 0.404. The number of piperazine rings is 1. The molecular formula is C15H22F2N2O. The lowest BCUT2D eigenvalue weighted by molar-refractivity contribution is 0.0165. The van der Waals surface area contributed by atoms with Gasteiger partial charge in [0, 0.05) is 44.8 Å². The number of rotatable bonds is 4. The van der Waals surface area contributed by atoms with E-state index in [-0.39, 0.29) is 0 Å². The largest absolute Gasteiger partial charge is 0.389 e. The molecule has 0 spiro atoms. The number of aliphatic hydroxyl groups is 1. The standard InChI is InChI=1S/C15H22F2N2O/c1-15(2,20)11-19-8-6-18(7-9-19)10-12-4-3-5-13(16)14(12)17/h3-5,20H,6-11H2,1-2H3. The molecule has 0 bridgehead atoms. The summed E-state index contributed by atoms with van der Waals surface area (Å²) in [4.78, 5) is 4.30. The van der Waals surface area contributed by atoms with Gasteiger partial charge in [-0.2, -0.15) is 0 Å². The van der Waals surface area contributed by atoms with Crippen LogP contribution in [0.3, 0.4) is 0 Å². The van der Waals surface area contributed by atoms with Gasteiger partial charge in [0.25, 0.3) is 0 Å². The summed E-state index contributed by atoms with van der Waals surface area (Å²) < 4.78 is 26.8. The highest BCUT2D eigenvalue weighted by atomic mass is 19.2. The lowest BCUT2D eigenvalue weighted by Gasteiger charge is -2.37. The molecule has 0 atom stereocenters. The van der Waals surface area contributed by atoms with Crippen molar-refractivity contribution in [3.05, 3.63) is 35.4 Å². The van der Waals surface area contributed by atoms with Crippen molar-refractivity contribution >= 4 is 0 Å². The van der Waals surface area contributed by atoms with Crippen LogP contribution in [-0.2, 0) is 6.54 Å². The van der Waals surface area contributed by atoms with E-state index in [0.717, 1.165) is 32.2 Å². The van der Waals surface area contributed by atoms with Crippen LogP contribution in [0.25, 0.3) is 0 Å². The van der Waals surface area contributed by atoms with Gasteiger partial charge in [-0.3, -0.25) is 9.80 Å². The first-order chi connectivity index (χ1) is 9.35. The molecule has 0 unspecified atom stereocenters. The molecule has 1 aliphatic heterocycles. The summed E-state index contributed by atoms with van der Waals surface area (Å²) >= 11 is 0. The van der Waals surface area contributed by atoms with Gasteiger partial charge in [0.15, 0.2) is 11.6 Å². The van der Waals surface area contributed by atoms with E-state index >= 15 is 0 Å². The molecule has 1 aromatic rings. The molecule has 2 rings (SSSR count). The van der Waals surface area contributed by atoms with Gasteiger partial charge < -0.3 is 5.11 Å². The van der Waals surface area contributed by atoms with Crippen molar-refractivity contribution in [2.75, 3.05) is 32.7 Å². The van der Waals surface area contributed by atoms with E-state index in [1.54, 1.807) is 19.9 Å². The molecule has 1 saturated heterocycles. The van der Waals surface area contributed by atoms with Crippen LogP contribution < -0.4 is 0 Å². The Labute approximate surface area is 118 Å². The van der Waals surface area contributed by atoms with Gasteiger partial charge in [0.05, 0.1) is 5.60 Å². The molecule has 1 fully saturated rings. The van der Waals surface area contributed by atoms with E-state index in [4.69, 9.17) is 0 Å². The van der Waals surface area contributed by atoms with E-state index in [0.29, 0.717) is 18.7 Å². The topological polar surface area (TPSA) is 26.7 Å². The predicted octanol–water partition coefficient (Wildman–Crippen LogP) is 1.85. The molecule has 112 valence electrons. The van der Waals surface area contributed by atoms with Gasteiger partial charge in [0.1, 0.15) is 0 Å². The van der Waals surface area contributed by atoms with E-state index in [1.165, 1.54) is 6.07 Å². The van der Waals surface area contributed by atoms with Crippen LogP contribution >= 0.6 is 0 Å². The first-order valence-electron chi connectivity index (χ1n) is 6.95. The third-order valence-corrected chi connectivity index (χ3v) is 3.50. The quantitative estimate of drug-likeness (QED) is 0.914. The Morgan fingerprint density at radius 2 is 1.70 bits per heavy atom. The molecule has 3 nitrogen and oxygen atoms in total. The molecular weight excluding hydrogens is 262 g/mol. The van der Waals surface area contributed by atoms with Crippen LogP contribution in [-0.4, -0.2) is 53.2 Å². The van der Waals surface area contributed by atoms with Crippen molar-refractivity contribution in [3.8, 4) is 0 Å². The molecule has 0 aromatic heterocycles. The number of hydrogen-bond acceptors (Lipinski definition) is 3. The summed E-state index contributed by atoms with van der Waals surface area (Å²) in [5, 5.41) is 9.79. The zero-order valence-electron chi connectivity index (χ0n) is 12.1. The Hall–Kier alpha value is -1.04. The summed E-state index contributed by atoms with van der Waals surface area (Å²) in [5.41, 5.74) is -0.294. The summed E-state index contributed by atoms with van der Waals surface area (Å²) in [6.45, 7) is 7.91. The monoisotopic (exact) mass is 284 g/mol. The second-order valence-corrected chi connectivity index (χ2v) is 6.08. The van der Waals surface area contributed by atoms with Crippen LogP contribution in [0.5, 0.6) is 0 Å². The molecule has 0 aliphatic carbocycles. The second kappa shape index (κ2) is 6.16. The van der Waals surface area contributed by atoms with E-state index in [9.17, 15) is 13.9 Å². The Morgan fingerprint density at radius 3 is 2.30 bits per heavy atom. The normalized spacial score (nSPS) is 18.4. The minimum Gasteiger partial charge on any atom is -0.389 e. The summed E-state index contributed by atoms with van der Waals surface area (Å²) in [6.07, 6.45) is 0. The smallest absolute Gasteiger partial charge is 0.163 e. The summed E-state index contributed by atoms with van der Waals surface area (Å²) in [6, 6.07) is 4.31. The summed E-state index contributed by atoms with van der Waals surface area (Å²) in [5.74, 6) is -1.53. The molecule has 1 aromatic carbocycles. The van der Waals surface area contributed by atoms with Crippen molar-refractivity contribution in [1.29, 1.82) is 0 Å². The highest BCUT2D eigenvalue weighted by molar-refractivity contribution is 5.18. The van der Waals surface area contributed by atoms with Crippen molar-refractivity contribution in [2.45, 2.75) is 26.0 Å². The first-order valence-corrected chi connectivity index (χ1v) is 6.95. The molecule has 1 heterocycles. The summed E-state index contributed by atoms with van der Waals surface area (Å²) in [7, 11) is 0. The molecule has 1 aliphatic rings. The zero-order valence-corrected chi connectivity index (χ0v) is 12.1. The van der Waals surface area contributed by atoms with Gasteiger partial charge in [-0.15, -0.1) is 0 Å². The number of β-amino-alcohol motifs (C(OH)–C–C–N with tert-alkyl or cyclic N) is 1. The van der Waals surface area contributed by atoms with E-state index < -0.39 is 17.2 Å². The van der Waals surface area contributed by atoms with Gasteiger partial charge in [0.2, 0.25) is 0 Å². The fourth-order valence-electron chi connectivity index (χ4n) is 2.56. The first kappa shape index (κ1) is 15.4. The molecule has 0 amide bonds. The highest BCUT2D eigenvalue weighted by Crippen LogP contribution is 2.15. The van der Waals surface area contributed by atoms with Crippen LogP contribution in [0.15, 0.2) is 18.2 Å².